The van der Waals surface area contributed by atoms with Gasteiger partial charge < -0.3 is 4.52 Å². The molecule has 0 fully saturated rings. The van der Waals surface area contributed by atoms with Crippen molar-refractivity contribution in [2.24, 2.45) is 5.50 Å². The second-order valence-corrected chi connectivity index (χ2v) is 1.38. The average molecular weight is 105 g/mol. The van der Waals surface area contributed by atoms with Crippen LogP contribution in [0.3, 0.4) is 0 Å². The van der Waals surface area contributed by atoms with Gasteiger partial charge in [0.05, 0.1) is 0 Å². The molecule has 0 aliphatic rings. The van der Waals surface area contributed by atoms with Crippen LogP contribution in [0.15, 0.2) is 0 Å². The van der Waals surface area contributed by atoms with Gasteiger partial charge in [-0.15, -0.1) is 0 Å². The van der Waals surface area contributed by atoms with Crippen molar-refractivity contribution in [3.8, 4) is 12.5 Å². The smallest absolute Gasteiger partial charge is 0.311 e. The lowest BCUT2D eigenvalue weighted by Crippen LogP contribution is -1.75. The molecule has 0 bridgehead atoms. The maximum absolute atomic E-state index is 9.64. The fourth-order valence-corrected chi connectivity index (χ4v) is 0.174. The van der Waals surface area contributed by atoms with Crippen molar-refractivity contribution in [1.82, 2.24) is 0 Å². The Morgan fingerprint density at radius 3 is 2.50 bits per heavy atom. The van der Waals surface area contributed by atoms with Crippen LogP contribution in [0.5, 0.6) is 0 Å². The van der Waals surface area contributed by atoms with Crippen LogP contribution in [0.1, 0.15) is 0 Å². The van der Waals surface area contributed by atoms with Crippen LogP contribution in [-0.4, -0.2) is 0 Å². The molecule has 0 saturated carbocycles. The van der Waals surface area contributed by atoms with E-state index in [1.165, 1.54) is 0 Å². The summed E-state index contributed by atoms with van der Waals surface area (Å²) in [7, 11) is -2.37. The molecule has 0 aliphatic carbocycles. The van der Waals surface area contributed by atoms with Crippen molar-refractivity contribution in [2.45, 2.75) is 0 Å². The van der Waals surface area contributed by atoms with Gasteiger partial charge in [-0.05, 0) is 0 Å². The van der Waals surface area contributed by atoms with Crippen LogP contribution in [0.25, 0.3) is 0 Å². The molecule has 0 aromatic heterocycles. The summed E-state index contributed by atoms with van der Waals surface area (Å²) < 4.78 is 13.5. The molecule has 1 atom stereocenters. The second-order valence-electron chi connectivity index (χ2n) is 0.539. The molecule has 0 rings (SSSR count). The molecule has 0 aromatic rings. The molecule has 1 unspecified atom stereocenters. The molecule has 0 aromatic carbocycles. The molecular weight excluding hydrogens is 101 g/mol. The summed E-state index contributed by atoms with van der Waals surface area (Å²) >= 11 is 0. The zero-order valence-corrected chi connectivity index (χ0v) is 3.97. The van der Waals surface area contributed by atoms with Crippen LogP contribution in [0.4, 0.5) is 0 Å². The normalized spacial score (nSPS) is 12.0. The number of hydrogen-bond acceptors (Lipinski definition) is 2. The topological polar surface area (TPSA) is 52.3 Å². The molecular formula is C2H4NO2P. The van der Waals surface area contributed by atoms with Gasteiger partial charge in [-0.25, -0.2) is 0 Å². The van der Waals surface area contributed by atoms with Gasteiger partial charge in [0.15, 0.2) is 0 Å². The molecule has 4 heteroatoms. The molecule has 0 aliphatic heterocycles. The number of terminal acetylenes is 1. The highest BCUT2D eigenvalue weighted by Gasteiger charge is 1.75. The number of hydrogen-bond donors (Lipinski definition) is 1. The minimum absolute atomic E-state index is 1.67. The van der Waals surface area contributed by atoms with Crippen molar-refractivity contribution in [3.05, 3.63) is 0 Å². The average Bonchev–Trinajstić information content (AvgIpc) is 1.35. The largest absolute Gasteiger partial charge is 0.382 e. The Bertz CT molecular complexity index is 94.2. The van der Waals surface area contributed by atoms with Gasteiger partial charge >= 0.3 is 8.18 Å². The Balaban J connectivity index is 3.13. The molecule has 0 amide bonds. The third-order valence-electron chi connectivity index (χ3n) is 0.160. The molecule has 6 heavy (non-hydrogen) atoms. The van der Waals surface area contributed by atoms with E-state index in [0.29, 0.717) is 0 Å². The van der Waals surface area contributed by atoms with Crippen molar-refractivity contribution < 1.29 is 9.09 Å². The van der Waals surface area contributed by atoms with Crippen LogP contribution in [-0.2, 0) is 9.09 Å². The second kappa shape index (κ2) is 2.77. The number of rotatable bonds is 1. The molecule has 0 heterocycles. The van der Waals surface area contributed by atoms with Crippen LogP contribution in [0, 0.1) is 12.5 Å². The van der Waals surface area contributed by atoms with Gasteiger partial charge in [-0.1, -0.05) is 6.42 Å². The molecule has 2 N–H and O–H groups in total. The molecule has 0 spiro atoms. The summed E-state index contributed by atoms with van der Waals surface area (Å²) in [6.07, 6.45) is 6.18. The Labute approximate surface area is 36.4 Å². The quantitative estimate of drug-likeness (QED) is 0.375. The van der Waals surface area contributed by atoms with Crippen LogP contribution in [0.2, 0.25) is 0 Å². The van der Waals surface area contributed by atoms with E-state index < -0.39 is 8.18 Å². The Hall–Kier alpha value is -0.450. The first-order valence-corrected chi connectivity index (χ1v) is 2.58. The standard InChI is InChI=1S/C2H4NO2P/c1-2-5-6(3)4/h1,6H,(H2,3,4). The Kier molecular flexibility index (Phi) is 2.56. The highest BCUT2D eigenvalue weighted by atomic mass is 31.1. The van der Waals surface area contributed by atoms with Gasteiger partial charge in [-0.3, -0.25) is 10.1 Å². The van der Waals surface area contributed by atoms with Crippen molar-refractivity contribution in [2.75, 3.05) is 0 Å². The lowest BCUT2D eigenvalue weighted by Gasteiger charge is -1.81. The van der Waals surface area contributed by atoms with Gasteiger partial charge in [-0.2, -0.15) is 0 Å². The van der Waals surface area contributed by atoms with Crippen molar-refractivity contribution in [3.63, 3.8) is 0 Å². The number of nitrogens with two attached hydrogens (primary N) is 1. The van der Waals surface area contributed by atoms with Gasteiger partial charge in [0, 0.05) is 0 Å². The summed E-state index contributed by atoms with van der Waals surface area (Å²) in [5.41, 5.74) is 4.58. The third-order valence-corrected chi connectivity index (χ3v) is 0.479. The molecule has 34 valence electrons. The lowest BCUT2D eigenvalue weighted by atomic mass is 11.3. The van der Waals surface area contributed by atoms with Crippen LogP contribution >= 0.6 is 8.18 Å². The van der Waals surface area contributed by atoms with Crippen molar-refractivity contribution >= 4 is 8.18 Å². The zero-order chi connectivity index (χ0) is 4.99. The predicted octanol–water partition coefficient (Wildman–Crippen LogP) is -0.0579. The molecule has 0 radical (unpaired) electrons. The van der Waals surface area contributed by atoms with E-state index in [-0.39, 0.29) is 0 Å². The first-order valence-electron chi connectivity index (χ1n) is 1.19. The SMILES string of the molecule is C#CO[PH](N)=O. The predicted molar refractivity (Wildman–Crippen MR) is 23.1 cm³/mol. The minimum Gasteiger partial charge on any atom is -0.382 e. The maximum Gasteiger partial charge on any atom is 0.311 e. The first-order chi connectivity index (χ1) is 2.77. The monoisotopic (exact) mass is 105 g/mol. The highest BCUT2D eigenvalue weighted by Crippen LogP contribution is 2.05. The van der Waals surface area contributed by atoms with E-state index in [0.717, 1.165) is 0 Å². The first kappa shape index (κ1) is 5.55. The van der Waals surface area contributed by atoms with E-state index in [4.69, 9.17) is 0 Å². The van der Waals surface area contributed by atoms with Crippen LogP contribution < -0.4 is 5.50 Å². The zero-order valence-electron chi connectivity index (χ0n) is 2.97. The lowest BCUT2D eigenvalue weighted by molar-refractivity contribution is 0.487. The van der Waals surface area contributed by atoms with Gasteiger partial charge in [0.25, 0.3) is 0 Å². The summed E-state index contributed by atoms with van der Waals surface area (Å²) in [5, 5.41) is 0. The van der Waals surface area contributed by atoms with E-state index in [9.17, 15) is 4.57 Å². The summed E-state index contributed by atoms with van der Waals surface area (Å²) in [6.45, 7) is 0. The summed E-state index contributed by atoms with van der Waals surface area (Å²) in [6, 6.07) is 0. The van der Waals surface area contributed by atoms with Gasteiger partial charge in [0.1, 0.15) is 6.11 Å². The Morgan fingerprint density at radius 1 is 2.00 bits per heavy atom. The maximum atomic E-state index is 9.64. The Morgan fingerprint density at radius 2 is 2.50 bits per heavy atom. The highest BCUT2D eigenvalue weighted by molar-refractivity contribution is 7.36. The van der Waals surface area contributed by atoms with Crippen molar-refractivity contribution in [1.29, 1.82) is 0 Å². The fraction of sp³-hybridized carbons (Fsp3) is 0. The minimum atomic E-state index is -2.37. The fourth-order valence-electron chi connectivity index (χ4n) is 0.0581. The summed E-state index contributed by atoms with van der Waals surface area (Å²) in [5.74, 6) is 0. The van der Waals surface area contributed by atoms with Gasteiger partial charge in [0.2, 0.25) is 0 Å². The summed E-state index contributed by atoms with van der Waals surface area (Å²) in [4.78, 5) is 0. The molecule has 3 nitrogen and oxygen atoms in total. The molecule has 0 saturated heterocycles. The van der Waals surface area contributed by atoms with E-state index in [2.05, 4.69) is 16.5 Å². The van der Waals surface area contributed by atoms with E-state index in [1.54, 1.807) is 6.11 Å². The van der Waals surface area contributed by atoms with E-state index in [1.807, 2.05) is 0 Å². The van der Waals surface area contributed by atoms with E-state index >= 15 is 0 Å². The third kappa shape index (κ3) is 3.55.